The van der Waals surface area contributed by atoms with E-state index in [0.717, 1.165) is 0 Å². The van der Waals surface area contributed by atoms with Crippen molar-refractivity contribution >= 4 is 6.21 Å². The van der Waals surface area contributed by atoms with Gasteiger partial charge in [0.05, 0.1) is 32.3 Å². The van der Waals surface area contributed by atoms with E-state index in [0.29, 0.717) is 28.1 Å². The van der Waals surface area contributed by atoms with Gasteiger partial charge in [-0.05, 0) is 18.2 Å². The summed E-state index contributed by atoms with van der Waals surface area (Å²) in [5, 5.41) is 9.10. The Morgan fingerprint density at radius 2 is 2.12 bits per heavy atom. The van der Waals surface area contributed by atoms with Crippen molar-refractivity contribution < 1.29 is 2.74 Å². The first-order valence-electron chi connectivity index (χ1n) is 6.18. The van der Waals surface area contributed by atoms with Gasteiger partial charge in [-0.2, -0.15) is 5.26 Å². The molecule has 0 radical (unpaired) electrons. The van der Waals surface area contributed by atoms with Crippen LogP contribution in [0, 0.1) is 11.3 Å². The molecule has 1 aliphatic heterocycles. The van der Waals surface area contributed by atoms with Crippen molar-refractivity contribution in [3.05, 3.63) is 53.2 Å². The second-order valence-corrected chi connectivity index (χ2v) is 3.66. The lowest BCUT2D eigenvalue weighted by molar-refractivity contribution is 1.03. The minimum atomic E-state index is -1.78. The summed E-state index contributed by atoms with van der Waals surface area (Å²) in [6.45, 7) is -1.78. The molecule has 3 nitrogen and oxygen atoms in total. The smallest absolute Gasteiger partial charge is 0.0998 e. The number of nitriles is 1. The molecule has 0 bridgehead atoms. The first kappa shape index (κ1) is 7.75. The summed E-state index contributed by atoms with van der Waals surface area (Å²) in [6, 6.07) is 12.8. The molecule has 0 fully saturated rings. The second-order valence-electron chi connectivity index (χ2n) is 3.66. The molecule has 0 saturated carbocycles. The second kappa shape index (κ2) is 3.84. The number of nitrogens with zero attached hydrogens (tertiary/aromatic N) is 3. The summed E-state index contributed by atoms with van der Waals surface area (Å²) in [5.74, 6) is 0. The summed E-state index contributed by atoms with van der Waals surface area (Å²) in [4.78, 5) is 8.13. The van der Waals surface area contributed by atoms with Crippen LogP contribution in [0.1, 0.15) is 19.6 Å². The average molecular weight is 221 g/mol. The fraction of sp³-hybridized carbons (Fsp3) is 0.0714. The third-order valence-electron chi connectivity index (χ3n) is 2.62. The van der Waals surface area contributed by atoms with Crippen LogP contribution in [0.5, 0.6) is 0 Å². The van der Waals surface area contributed by atoms with Gasteiger partial charge in [-0.1, -0.05) is 18.2 Å². The predicted molar refractivity (Wildman–Crippen MR) is 65.7 cm³/mol. The molecule has 1 aliphatic rings. The molecular formula is C14H9N3. The first-order valence-corrected chi connectivity index (χ1v) is 5.18. The van der Waals surface area contributed by atoms with Crippen molar-refractivity contribution in [2.75, 3.05) is 0 Å². The Labute approximate surface area is 102 Å². The highest BCUT2D eigenvalue weighted by molar-refractivity contribution is 5.84. The monoisotopic (exact) mass is 221 g/mol. The SMILES string of the molecule is [2H]C1([2H])N=Cc2ccc(-c3ccccc3C#N)nc21. The highest BCUT2D eigenvalue weighted by atomic mass is 14.8. The highest BCUT2D eigenvalue weighted by Gasteiger charge is 2.11. The molecule has 3 heteroatoms. The normalized spacial score (nSPS) is 16.9. The van der Waals surface area contributed by atoms with E-state index in [1.165, 1.54) is 6.21 Å². The molecule has 2 heterocycles. The fourth-order valence-corrected chi connectivity index (χ4v) is 1.78. The van der Waals surface area contributed by atoms with Crippen LogP contribution in [0.25, 0.3) is 11.3 Å². The Morgan fingerprint density at radius 1 is 1.24 bits per heavy atom. The zero-order valence-electron chi connectivity index (χ0n) is 10.9. The van der Waals surface area contributed by atoms with Crippen LogP contribution >= 0.6 is 0 Å². The average Bonchev–Trinajstić information content (AvgIpc) is 2.74. The Morgan fingerprint density at radius 3 is 3.00 bits per heavy atom. The quantitative estimate of drug-likeness (QED) is 0.743. The van der Waals surface area contributed by atoms with Gasteiger partial charge in [0.25, 0.3) is 0 Å². The molecule has 0 spiro atoms. The van der Waals surface area contributed by atoms with E-state index < -0.39 is 6.50 Å². The molecule has 0 amide bonds. The lowest BCUT2D eigenvalue weighted by Gasteiger charge is -2.05. The largest absolute Gasteiger partial charge is 0.286 e. The third-order valence-corrected chi connectivity index (χ3v) is 2.62. The Hall–Kier alpha value is -2.47. The van der Waals surface area contributed by atoms with E-state index in [2.05, 4.69) is 16.0 Å². The molecule has 1 aromatic carbocycles. The van der Waals surface area contributed by atoms with Crippen LogP contribution in [0.4, 0.5) is 0 Å². The van der Waals surface area contributed by atoms with Crippen molar-refractivity contribution in [1.82, 2.24) is 4.98 Å². The lowest BCUT2D eigenvalue weighted by atomic mass is 10.0. The van der Waals surface area contributed by atoms with Crippen LogP contribution in [0.3, 0.4) is 0 Å². The zero-order valence-corrected chi connectivity index (χ0v) is 8.88. The molecule has 0 aliphatic carbocycles. The van der Waals surface area contributed by atoms with Crippen molar-refractivity contribution in [1.29, 1.82) is 5.26 Å². The topological polar surface area (TPSA) is 49.0 Å². The minimum absolute atomic E-state index is 0.303. The number of pyridine rings is 1. The summed E-state index contributed by atoms with van der Waals surface area (Å²) < 4.78 is 15.5. The van der Waals surface area contributed by atoms with E-state index in [4.69, 9.17) is 8.00 Å². The van der Waals surface area contributed by atoms with Gasteiger partial charge < -0.3 is 0 Å². The highest BCUT2D eigenvalue weighted by Crippen LogP contribution is 2.23. The number of hydrogen-bond donors (Lipinski definition) is 0. The van der Waals surface area contributed by atoms with E-state index >= 15 is 0 Å². The van der Waals surface area contributed by atoms with E-state index in [-0.39, 0.29) is 0 Å². The van der Waals surface area contributed by atoms with Crippen molar-refractivity contribution in [2.45, 2.75) is 6.50 Å². The van der Waals surface area contributed by atoms with Gasteiger partial charge in [0.2, 0.25) is 0 Å². The van der Waals surface area contributed by atoms with Crippen LogP contribution in [-0.2, 0) is 6.50 Å². The Kier molecular flexibility index (Phi) is 1.75. The number of benzene rings is 1. The van der Waals surface area contributed by atoms with Gasteiger partial charge >= 0.3 is 0 Å². The van der Waals surface area contributed by atoms with Crippen LogP contribution < -0.4 is 0 Å². The standard InChI is InChI=1S/C14H9N3/c15-7-10-3-1-2-4-12(10)13-6-5-11-8-16-9-14(11)17-13/h1-6,8H,9H2/i9D2. The molecular weight excluding hydrogens is 210 g/mol. The third kappa shape index (κ3) is 1.60. The van der Waals surface area contributed by atoms with Crippen LogP contribution in [-0.4, -0.2) is 11.2 Å². The maximum atomic E-state index is 9.10. The molecule has 3 rings (SSSR count). The summed E-state index contributed by atoms with van der Waals surface area (Å²) >= 11 is 0. The number of aromatic nitrogens is 1. The van der Waals surface area contributed by atoms with E-state index in [1.54, 1.807) is 30.3 Å². The van der Waals surface area contributed by atoms with Crippen LogP contribution in [0.2, 0.25) is 0 Å². The summed E-state index contributed by atoms with van der Waals surface area (Å²) in [7, 11) is 0. The van der Waals surface area contributed by atoms with Crippen molar-refractivity contribution in [3.63, 3.8) is 0 Å². The molecule has 0 saturated heterocycles. The van der Waals surface area contributed by atoms with Gasteiger partial charge in [-0.3, -0.25) is 9.98 Å². The maximum Gasteiger partial charge on any atom is 0.0998 e. The minimum Gasteiger partial charge on any atom is -0.286 e. The Balaban J connectivity index is 2.17. The van der Waals surface area contributed by atoms with Gasteiger partial charge in [0, 0.05) is 17.3 Å². The van der Waals surface area contributed by atoms with Crippen molar-refractivity contribution in [2.24, 2.45) is 4.99 Å². The van der Waals surface area contributed by atoms with Gasteiger partial charge in [-0.25, -0.2) is 0 Å². The molecule has 80 valence electrons. The first-order chi connectivity index (χ1) is 9.12. The van der Waals surface area contributed by atoms with Crippen LogP contribution in [0.15, 0.2) is 41.4 Å². The molecule has 0 unspecified atom stereocenters. The maximum absolute atomic E-state index is 9.10. The fourth-order valence-electron chi connectivity index (χ4n) is 1.78. The molecule has 2 aromatic rings. The van der Waals surface area contributed by atoms with Crippen molar-refractivity contribution in [3.8, 4) is 17.3 Å². The number of fused-ring (bicyclic) bond motifs is 1. The summed E-state index contributed by atoms with van der Waals surface area (Å²) in [6.07, 6.45) is 1.49. The zero-order chi connectivity index (χ0) is 13.5. The Bertz CT molecular complexity index is 730. The van der Waals surface area contributed by atoms with E-state index in [1.807, 2.05) is 6.07 Å². The predicted octanol–water partition coefficient (Wildman–Crippen LogP) is 2.55. The molecule has 0 N–H and O–H groups in total. The molecule has 17 heavy (non-hydrogen) atoms. The summed E-state index contributed by atoms with van der Waals surface area (Å²) in [5.41, 5.74) is 2.80. The van der Waals surface area contributed by atoms with Gasteiger partial charge in [-0.15, -0.1) is 0 Å². The number of rotatable bonds is 1. The van der Waals surface area contributed by atoms with E-state index in [9.17, 15) is 0 Å². The number of hydrogen-bond acceptors (Lipinski definition) is 3. The lowest BCUT2D eigenvalue weighted by Crippen LogP contribution is -1.94. The molecule has 0 atom stereocenters. The van der Waals surface area contributed by atoms with Gasteiger partial charge in [0.15, 0.2) is 0 Å². The number of aliphatic imine (C=N–C) groups is 1. The molecule has 1 aromatic heterocycles. The van der Waals surface area contributed by atoms with Gasteiger partial charge in [0.1, 0.15) is 0 Å².